The van der Waals surface area contributed by atoms with Crippen molar-refractivity contribution in [2.45, 2.75) is 38.9 Å². The largest absolute Gasteiger partial charge is 0.508 e. The summed E-state index contributed by atoms with van der Waals surface area (Å²) in [6.45, 7) is 4.00. The Labute approximate surface area is 105 Å². The van der Waals surface area contributed by atoms with Crippen molar-refractivity contribution in [1.29, 1.82) is 0 Å². The summed E-state index contributed by atoms with van der Waals surface area (Å²) in [6.07, 6.45) is -4.84. The maximum atomic E-state index is 12.0. The van der Waals surface area contributed by atoms with Crippen LogP contribution in [0.25, 0.3) is 0 Å². The fourth-order valence-electron chi connectivity index (χ4n) is 1.74. The molecule has 1 aromatic carbocycles. The summed E-state index contributed by atoms with van der Waals surface area (Å²) >= 11 is 0. The Morgan fingerprint density at radius 2 is 2.00 bits per heavy atom. The first kappa shape index (κ1) is 14.8. The second-order valence-electron chi connectivity index (χ2n) is 4.46. The molecule has 0 spiro atoms. The molecule has 0 saturated heterocycles. The molecule has 1 unspecified atom stereocenters. The Bertz CT molecular complexity index is 390. The summed E-state index contributed by atoms with van der Waals surface area (Å²) in [4.78, 5) is 0. The van der Waals surface area contributed by atoms with Crippen molar-refractivity contribution in [2.75, 3.05) is 6.54 Å². The van der Waals surface area contributed by atoms with Gasteiger partial charge in [-0.15, -0.1) is 0 Å². The van der Waals surface area contributed by atoms with Crippen LogP contribution in [0.3, 0.4) is 0 Å². The first-order chi connectivity index (χ1) is 8.29. The average Bonchev–Trinajstić information content (AvgIpc) is 2.26. The summed E-state index contributed by atoms with van der Waals surface area (Å²) in [7, 11) is 0. The van der Waals surface area contributed by atoms with Gasteiger partial charge in [-0.3, -0.25) is 0 Å². The van der Waals surface area contributed by atoms with Crippen molar-refractivity contribution in [1.82, 2.24) is 5.32 Å². The average molecular weight is 261 g/mol. The van der Waals surface area contributed by atoms with E-state index in [2.05, 4.69) is 5.32 Å². The van der Waals surface area contributed by atoms with Crippen LogP contribution < -0.4 is 5.32 Å². The summed E-state index contributed by atoms with van der Waals surface area (Å²) in [6, 6.07) is 5.04. The first-order valence-corrected chi connectivity index (χ1v) is 5.89. The molecule has 0 aliphatic carbocycles. The molecule has 0 aliphatic heterocycles. The fraction of sp³-hybridized carbons (Fsp3) is 0.538. The lowest BCUT2D eigenvalue weighted by molar-refractivity contribution is -0.135. The van der Waals surface area contributed by atoms with Gasteiger partial charge >= 0.3 is 6.18 Å². The van der Waals surface area contributed by atoms with E-state index in [-0.39, 0.29) is 24.8 Å². The van der Waals surface area contributed by atoms with Crippen LogP contribution in [0.2, 0.25) is 0 Å². The highest BCUT2D eigenvalue weighted by molar-refractivity contribution is 5.37. The minimum atomic E-state index is -4.10. The zero-order chi connectivity index (χ0) is 13.8. The number of aryl methyl sites for hydroxylation is 1. The molecule has 1 atom stereocenters. The van der Waals surface area contributed by atoms with E-state index in [0.29, 0.717) is 5.56 Å². The summed E-state index contributed by atoms with van der Waals surface area (Å²) in [5.74, 6) is 0.163. The standard InChI is InChI=1S/C13H18F3NO/c1-9-4-5-12(18)11(8-9)10(2)17-7-3-6-13(14,15)16/h4-5,8,10,17-18H,3,6-7H2,1-2H3. The lowest BCUT2D eigenvalue weighted by atomic mass is 10.0. The molecular weight excluding hydrogens is 243 g/mol. The number of phenols is 1. The third-order valence-electron chi connectivity index (χ3n) is 2.74. The van der Waals surface area contributed by atoms with E-state index in [4.69, 9.17) is 0 Å². The highest BCUT2D eigenvalue weighted by Crippen LogP contribution is 2.25. The van der Waals surface area contributed by atoms with Crippen molar-refractivity contribution >= 4 is 0 Å². The Morgan fingerprint density at radius 1 is 1.33 bits per heavy atom. The van der Waals surface area contributed by atoms with Gasteiger partial charge in [-0.1, -0.05) is 17.7 Å². The molecule has 0 aliphatic rings. The van der Waals surface area contributed by atoms with Gasteiger partial charge in [0.25, 0.3) is 0 Å². The number of nitrogens with one attached hydrogen (secondary N) is 1. The second kappa shape index (κ2) is 6.09. The van der Waals surface area contributed by atoms with Crippen LogP contribution in [0.15, 0.2) is 18.2 Å². The maximum Gasteiger partial charge on any atom is 0.389 e. The Kier molecular flexibility index (Phi) is 5.02. The van der Waals surface area contributed by atoms with Crippen molar-refractivity contribution in [2.24, 2.45) is 0 Å². The molecule has 2 nitrogen and oxygen atoms in total. The van der Waals surface area contributed by atoms with Gasteiger partial charge < -0.3 is 10.4 Å². The van der Waals surface area contributed by atoms with E-state index in [1.807, 2.05) is 19.9 Å². The highest BCUT2D eigenvalue weighted by atomic mass is 19.4. The maximum absolute atomic E-state index is 12.0. The molecule has 2 N–H and O–H groups in total. The van der Waals surface area contributed by atoms with Crippen LogP contribution in [-0.4, -0.2) is 17.8 Å². The van der Waals surface area contributed by atoms with E-state index in [0.717, 1.165) is 5.56 Å². The molecule has 0 fully saturated rings. The van der Waals surface area contributed by atoms with Gasteiger partial charge in [-0.2, -0.15) is 13.2 Å². The fourth-order valence-corrected chi connectivity index (χ4v) is 1.74. The summed E-state index contributed by atoms with van der Waals surface area (Å²) in [5.41, 5.74) is 1.72. The summed E-state index contributed by atoms with van der Waals surface area (Å²) < 4.78 is 35.9. The number of alkyl halides is 3. The highest BCUT2D eigenvalue weighted by Gasteiger charge is 2.26. The quantitative estimate of drug-likeness (QED) is 0.792. The predicted molar refractivity (Wildman–Crippen MR) is 64.6 cm³/mol. The normalized spacial score (nSPS) is 13.6. The predicted octanol–water partition coefficient (Wildman–Crippen LogP) is 3.69. The number of phenolic OH excluding ortho intramolecular Hbond substituents is 1. The number of benzene rings is 1. The molecule has 102 valence electrons. The van der Waals surface area contributed by atoms with Crippen LogP contribution in [0.4, 0.5) is 13.2 Å². The number of hydrogen-bond donors (Lipinski definition) is 2. The van der Waals surface area contributed by atoms with Crippen molar-refractivity contribution < 1.29 is 18.3 Å². The topological polar surface area (TPSA) is 32.3 Å². The number of rotatable bonds is 5. The van der Waals surface area contributed by atoms with Crippen LogP contribution >= 0.6 is 0 Å². The molecule has 5 heteroatoms. The van der Waals surface area contributed by atoms with E-state index < -0.39 is 12.6 Å². The molecule has 1 aromatic rings. The van der Waals surface area contributed by atoms with Crippen molar-refractivity contribution in [3.05, 3.63) is 29.3 Å². The molecule has 18 heavy (non-hydrogen) atoms. The molecule has 1 rings (SSSR count). The monoisotopic (exact) mass is 261 g/mol. The van der Waals surface area contributed by atoms with Gasteiger partial charge in [0.1, 0.15) is 5.75 Å². The molecule has 0 aromatic heterocycles. The molecule has 0 amide bonds. The SMILES string of the molecule is Cc1ccc(O)c(C(C)NCCCC(F)(F)F)c1. The minimum Gasteiger partial charge on any atom is -0.508 e. The molecular formula is C13H18F3NO. The van der Waals surface area contributed by atoms with Gasteiger partial charge in [-0.25, -0.2) is 0 Å². The smallest absolute Gasteiger partial charge is 0.389 e. The molecule has 0 radical (unpaired) electrons. The van der Waals surface area contributed by atoms with Crippen LogP contribution in [0, 0.1) is 6.92 Å². The zero-order valence-electron chi connectivity index (χ0n) is 10.5. The van der Waals surface area contributed by atoms with Crippen LogP contribution in [0.5, 0.6) is 5.75 Å². The molecule has 0 heterocycles. The van der Waals surface area contributed by atoms with Gasteiger partial charge in [0.15, 0.2) is 0 Å². The Morgan fingerprint density at radius 3 is 2.61 bits per heavy atom. The lowest BCUT2D eigenvalue weighted by Crippen LogP contribution is -2.21. The van der Waals surface area contributed by atoms with Crippen molar-refractivity contribution in [3.63, 3.8) is 0 Å². The van der Waals surface area contributed by atoms with E-state index >= 15 is 0 Å². The first-order valence-electron chi connectivity index (χ1n) is 5.89. The Balaban J connectivity index is 2.45. The second-order valence-corrected chi connectivity index (χ2v) is 4.46. The van der Waals surface area contributed by atoms with Gasteiger partial charge in [0.05, 0.1) is 0 Å². The minimum absolute atomic E-state index is 0.0421. The number of aromatic hydroxyl groups is 1. The van der Waals surface area contributed by atoms with Crippen LogP contribution in [0.1, 0.15) is 36.9 Å². The third kappa shape index (κ3) is 4.96. The van der Waals surface area contributed by atoms with Crippen LogP contribution in [-0.2, 0) is 0 Å². The Hall–Kier alpha value is -1.23. The molecule has 0 bridgehead atoms. The summed E-state index contributed by atoms with van der Waals surface area (Å²) in [5, 5.41) is 12.7. The zero-order valence-corrected chi connectivity index (χ0v) is 10.5. The lowest BCUT2D eigenvalue weighted by Gasteiger charge is -2.16. The van der Waals surface area contributed by atoms with Gasteiger partial charge in [0.2, 0.25) is 0 Å². The van der Waals surface area contributed by atoms with E-state index in [9.17, 15) is 18.3 Å². The number of halogens is 3. The van der Waals surface area contributed by atoms with Gasteiger partial charge in [-0.05, 0) is 32.9 Å². The third-order valence-corrected chi connectivity index (χ3v) is 2.74. The molecule has 0 saturated carbocycles. The van der Waals surface area contributed by atoms with Crippen molar-refractivity contribution in [3.8, 4) is 5.75 Å². The van der Waals surface area contributed by atoms with E-state index in [1.54, 1.807) is 12.1 Å². The van der Waals surface area contributed by atoms with Gasteiger partial charge in [0, 0.05) is 18.0 Å². The van der Waals surface area contributed by atoms with E-state index in [1.165, 1.54) is 0 Å². The number of hydrogen-bond acceptors (Lipinski definition) is 2.